The summed E-state index contributed by atoms with van der Waals surface area (Å²) >= 11 is 0. The zero-order valence-electron chi connectivity index (χ0n) is 14.5. The summed E-state index contributed by atoms with van der Waals surface area (Å²) in [6.45, 7) is 2.10. The van der Waals surface area contributed by atoms with E-state index < -0.39 is 18.4 Å². The van der Waals surface area contributed by atoms with Crippen LogP contribution < -0.4 is 0 Å². The fraction of sp³-hybridized carbons (Fsp3) is 0.316. The van der Waals surface area contributed by atoms with Crippen molar-refractivity contribution < 1.29 is 23.8 Å². The van der Waals surface area contributed by atoms with E-state index in [-0.39, 0.29) is 25.1 Å². The highest BCUT2D eigenvalue weighted by molar-refractivity contribution is 5.87. The molecule has 0 saturated heterocycles. The standard InChI is InChI=1S/C19H21FN2O4/c1-2-5-17(20)26-19(25)22(13-16-6-3-4-11-21-16)12-14-7-9-15(10-8-14)18(23)24/h3-4,6-11,17H,2,5,12-13H2,1H3,(H,23,24). The van der Waals surface area contributed by atoms with E-state index in [9.17, 15) is 14.0 Å². The van der Waals surface area contributed by atoms with Crippen LogP contribution >= 0.6 is 0 Å². The Balaban J connectivity index is 2.13. The van der Waals surface area contributed by atoms with Gasteiger partial charge < -0.3 is 9.84 Å². The topological polar surface area (TPSA) is 79.7 Å². The van der Waals surface area contributed by atoms with Crippen molar-refractivity contribution in [3.63, 3.8) is 0 Å². The molecule has 0 aliphatic heterocycles. The van der Waals surface area contributed by atoms with E-state index in [1.165, 1.54) is 17.0 Å². The van der Waals surface area contributed by atoms with E-state index in [4.69, 9.17) is 9.84 Å². The van der Waals surface area contributed by atoms with Gasteiger partial charge in [-0.3, -0.25) is 9.88 Å². The second kappa shape index (κ2) is 9.50. The van der Waals surface area contributed by atoms with Crippen LogP contribution in [0, 0.1) is 0 Å². The maximum atomic E-state index is 13.7. The number of hydrogen-bond acceptors (Lipinski definition) is 4. The molecule has 0 bridgehead atoms. The predicted molar refractivity (Wildman–Crippen MR) is 93.2 cm³/mol. The number of nitrogens with zero attached hydrogens (tertiary/aromatic N) is 2. The number of carbonyl (C=O) groups excluding carboxylic acids is 1. The molecule has 7 heteroatoms. The number of aromatic carboxylic acids is 1. The second-order valence-electron chi connectivity index (χ2n) is 5.76. The molecule has 138 valence electrons. The summed E-state index contributed by atoms with van der Waals surface area (Å²) in [4.78, 5) is 28.8. The molecule has 6 nitrogen and oxygen atoms in total. The van der Waals surface area contributed by atoms with Gasteiger partial charge in [0.15, 0.2) is 0 Å². The highest BCUT2D eigenvalue weighted by Gasteiger charge is 2.20. The van der Waals surface area contributed by atoms with E-state index >= 15 is 0 Å². The van der Waals surface area contributed by atoms with E-state index in [0.29, 0.717) is 17.7 Å². The smallest absolute Gasteiger partial charge is 0.412 e. The van der Waals surface area contributed by atoms with Gasteiger partial charge in [0, 0.05) is 19.2 Å². The molecule has 1 heterocycles. The number of halogens is 1. The SMILES string of the molecule is CCCC(F)OC(=O)N(Cc1ccc(C(=O)O)cc1)Cc1ccccn1. The van der Waals surface area contributed by atoms with Crippen LogP contribution in [0.1, 0.15) is 41.4 Å². The van der Waals surface area contributed by atoms with Gasteiger partial charge in [-0.2, -0.15) is 0 Å². The minimum absolute atomic E-state index is 0.135. The van der Waals surface area contributed by atoms with Crippen molar-refractivity contribution in [3.05, 3.63) is 65.5 Å². The molecule has 1 atom stereocenters. The molecule has 1 N–H and O–H groups in total. The highest BCUT2D eigenvalue weighted by atomic mass is 19.1. The summed E-state index contributed by atoms with van der Waals surface area (Å²) in [5.74, 6) is -1.03. The summed E-state index contributed by atoms with van der Waals surface area (Å²) in [5, 5.41) is 8.96. The number of amides is 1. The first-order valence-corrected chi connectivity index (χ1v) is 8.31. The van der Waals surface area contributed by atoms with Crippen molar-refractivity contribution in [2.24, 2.45) is 0 Å². The van der Waals surface area contributed by atoms with E-state index in [1.54, 1.807) is 43.5 Å². The number of pyridine rings is 1. The van der Waals surface area contributed by atoms with E-state index in [2.05, 4.69) is 4.98 Å². The number of carbonyl (C=O) groups is 2. The number of carboxylic acids is 1. The molecule has 1 aromatic carbocycles. The Kier molecular flexibility index (Phi) is 7.08. The molecular weight excluding hydrogens is 339 g/mol. The Morgan fingerprint density at radius 1 is 1.19 bits per heavy atom. The van der Waals surface area contributed by atoms with E-state index in [0.717, 1.165) is 0 Å². The molecule has 0 aliphatic carbocycles. The molecule has 1 amide bonds. The third-order valence-electron chi connectivity index (χ3n) is 3.66. The van der Waals surface area contributed by atoms with Gasteiger partial charge in [0.25, 0.3) is 0 Å². The molecule has 2 rings (SSSR count). The number of carboxylic acid groups (broad SMARTS) is 1. The molecule has 0 spiro atoms. The van der Waals surface area contributed by atoms with Crippen LogP contribution in [0.25, 0.3) is 0 Å². The van der Waals surface area contributed by atoms with Crippen LogP contribution in [0.3, 0.4) is 0 Å². The first-order chi connectivity index (χ1) is 12.5. The zero-order chi connectivity index (χ0) is 18.9. The van der Waals surface area contributed by atoms with Gasteiger partial charge in [0.1, 0.15) is 0 Å². The third-order valence-corrected chi connectivity index (χ3v) is 3.66. The fourth-order valence-corrected chi connectivity index (χ4v) is 2.32. The number of rotatable bonds is 8. The van der Waals surface area contributed by atoms with Gasteiger partial charge in [-0.05, 0) is 36.2 Å². The lowest BCUT2D eigenvalue weighted by Gasteiger charge is -2.23. The van der Waals surface area contributed by atoms with Gasteiger partial charge in [0.2, 0.25) is 6.36 Å². The highest BCUT2D eigenvalue weighted by Crippen LogP contribution is 2.14. The van der Waals surface area contributed by atoms with Crippen molar-refractivity contribution in [2.45, 2.75) is 39.2 Å². The lowest BCUT2D eigenvalue weighted by atomic mass is 10.1. The Morgan fingerprint density at radius 2 is 1.92 bits per heavy atom. The Morgan fingerprint density at radius 3 is 2.50 bits per heavy atom. The molecule has 0 fully saturated rings. The van der Waals surface area contributed by atoms with Crippen molar-refractivity contribution in [3.8, 4) is 0 Å². The monoisotopic (exact) mass is 360 g/mol. The average Bonchev–Trinajstić information content (AvgIpc) is 2.62. The van der Waals surface area contributed by atoms with Crippen LogP contribution in [0.4, 0.5) is 9.18 Å². The normalized spacial score (nSPS) is 11.6. The molecule has 2 aromatic rings. The quantitative estimate of drug-likeness (QED) is 0.769. The van der Waals surface area contributed by atoms with Crippen LogP contribution in [0.2, 0.25) is 0 Å². The Labute approximate surface area is 151 Å². The van der Waals surface area contributed by atoms with Crippen LogP contribution in [-0.4, -0.2) is 33.4 Å². The maximum absolute atomic E-state index is 13.7. The number of benzene rings is 1. The average molecular weight is 360 g/mol. The summed E-state index contributed by atoms with van der Waals surface area (Å²) in [7, 11) is 0. The molecule has 1 aromatic heterocycles. The van der Waals surface area contributed by atoms with Crippen LogP contribution in [0.15, 0.2) is 48.7 Å². The summed E-state index contributed by atoms with van der Waals surface area (Å²) in [6, 6.07) is 11.4. The fourth-order valence-electron chi connectivity index (χ4n) is 2.32. The zero-order valence-corrected chi connectivity index (χ0v) is 14.5. The summed E-state index contributed by atoms with van der Waals surface area (Å²) in [5.41, 5.74) is 1.49. The van der Waals surface area contributed by atoms with Crippen molar-refractivity contribution in [2.75, 3.05) is 0 Å². The van der Waals surface area contributed by atoms with Crippen molar-refractivity contribution in [1.82, 2.24) is 9.88 Å². The lowest BCUT2D eigenvalue weighted by Crippen LogP contribution is -2.33. The molecule has 0 aliphatic rings. The minimum atomic E-state index is -1.66. The van der Waals surface area contributed by atoms with Crippen LogP contribution in [0.5, 0.6) is 0 Å². The first kappa shape index (κ1) is 19.4. The van der Waals surface area contributed by atoms with Crippen LogP contribution in [-0.2, 0) is 17.8 Å². The van der Waals surface area contributed by atoms with Gasteiger partial charge >= 0.3 is 12.1 Å². The molecule has 0 saturated carbocycles. The minimum Gasteiger partial charge on any atom is -0.478 e. The largest absolute Gasteiger partial charge is 0.478 e. The Bertz CT molecular complexity index is 722. The Hall–Kier alpha value is -2.96. The van der Waals surface area contributed by atoms with Gasteiger partial charge in [-0.15, -0.1) is 0 Å². The van der Waals surface area contributed by atoms with Crippen molar-refractivity contribution in [1.29, 1.82) is 0 Å². The molecule has 26 heavy (non-hydrogen) atoms. The first-order valence-electron chi connectivity index (χ1n) is 8.31. The lowest BCUT2D eigenvalue weighted by molar-refractivity contribution is -0.0135. The van der Waals surface area contributed by atoms with E-state index in [1.807, 2.05) is 0 Å². The molecule has 0 radical (unpaired) electrons. The number of aromatic nitrogens is 1. The molecule has 1 unspecified atom stereocenters. The number of hydrogen-bond donors (Lipinski definition) is 1. The van der Waals surface area contributed by atoms with Gasteiger partial charge in [-0.1, -0.05) is 25.1 Å². The number of ether oxygens (including phenoxy) is 1. The number of alkyl halides is 1. The molecular formula is C19H21FN2O4. The van der Waals surface area contributed by atoms with Crippen molar-refractivity contribution >= 4 is 12.1 Å². The van der Waals surface area contributed by atoms with Gasteiger partial charge in [-0.25, -0.2) is 14.0 Å². The maximum Gasteiger partial charge on any atom is 0.412 e. The van der Waals surface area contributed by atoms with Gasteiger partial charge in [0.05, 0.1) is 17.8 Å². The second-order valence-corrected chi connectivity index (χ2v) is 5.76. The predicted octanol–water partition coefficient (Wildman–Crippen LogP) is 4.01. The third kappa shape index (κ3) is 5.84. The summed E-state index contributed by atoms with van der Waals surface area (Å²) < 4.78 is 18.5. The summed E-state index contributed by atoms with van der Waals surface area (Å²) in [6.07, 6.45) is -0.135.